The van der Waals surface area contributed by atoms with Crippen molar-refractivity contribution in [2.24, 2.45) is 0 Å². The number of rotatable bonds is 4. The molecule has 0 N–H and O–H groups in total. The molecule has 0 saturated carbocycles. The van der Waals surface area contributed by atoms with Gasteiger partial charge >= 0.3 is 0 Å². The van der Waals surface area contributed by atoms with E-state index in [0.29, 0.717) is 0 Å². The van der Waals surface area contributed by atoms with Crippen molar-refractivity contribution in [3.05, 3.63) is 231 Å². The van der Waals surface area contributed by atoms with Gasteiger partial charge in [-0.1, -0.05) is 164 Å². The van der Waals surface area contributed by atoms with Crippen molar-refractivity contribution in [1.29, 1.82) is 0 Å². The highest BCUT2D eigenvalue weighted by Crippen LogP contribution is 2.43. The van der Waals surface area contributed by atoms with Gasteiger partial charge in [-0.05, 0) is 115 Å². The molecular weight excluding hydrogens is 825 g/mol. The first kappa shape index (κ1) is 37.1. The lowest BCUT2D eigenvalue weighted by Gasteiger charge is -2.17. The molecule has 0 fully saturated rings. The first-order chi connectivity index (χ1) is 33.7. The predicted octanol–water partition coefficient (Wildman–Crippen LogP) is 16.9. The van der Waals surface area contributed by atoms with Crippen molar-refractivity contribution in [3.8, 4) is 33.9 Å². The molecule has 4 nitrogen and oxygen atoms in total. The third-order valence-corrected chi connectivity index (χ3v) is 14.4. The molecule has 0 saturated heterocycles. The number of hydrogen-bond donors (Lipinski definition) is 0. The van der Waals surface area contributed by atoms with Crippen LogP contribution < -0.4 is 0 Å². The topological polar surface area (TPSA) is 35.6 Å². The Balaban J connectivity index is 0.991. The number of para-hydroxylation sites is 3. The summed E-state index contributed by atoms with van der Waals surface area (Å²) < 4.78 is 4.95. The Morgan fingerprint density at radius 3 is 1.56 bits per heavy atom. The standard InChI is InChI=1S/C64H38N4/c1-3-16-42-36-60-54(34-40(42)14-1)51-19-7-10-25-58(51)67(60)46-30-32-52-55-35-41-15-2-4-17-43(41)37-61(55)68(62(52)38-46)59-26-12-20-49-50(59)21-11-22-53(49)64-63(65-56-23-8-9-24-57(56)66-64)45-29-31-48-44(33-45)28-27-39-13-5-6-18-47(39)48/h1-38H. The zero-order chi connectivity index (χ0) is 44.5. The van der Waals surface area contributed by atoms with Crippen LogP contribution in [0.2, 0.25) is 0 Å². The van der Waals surface area contributed by atoms with Crippen molar-refractivity contribution >= 4 is 109 Å². The average Bonchev–Trinajstić information content (AvgIpc) is 3.89. The molecule has 68 heavy (non-hydrogen) atoms. The largest absolute Gasteiger partial charge is 0.309 e. The molecule has 12 aromatic carbocycles. The summed E-state index contributed by atoms with van der Waals surface area (Å²) in [6.07, 6.45) is 0. The zero-order valence-corrected chi connectivity index (χ0v) is 36.7. The highest BCUT2D eigenvalue weighted by Gasteiger charge is 2.21. The van der Waals surface area contributed by atoms with Gasteiger partial charge in [0.05, 0.1) is 50.2 Å². The van der Waals surface area contributed by atoms with E-state index in [4.69, 9.17) is 9.97 Å². The third kappa shape index (κ3) is 5.43. The Labute approximate surface area is 390 Å². The summed E-state index contributed by atoms with van der Waals surface area (Å²) >= 11 is 0. The predicted molar refractivity (Wildman–Crippen MR) is 287 cm³/mol. The fraction of sp³-hybridized carbons (Fsp3) is 0. The van der Waals surface area contributed by atoms with Crippen LogP contribution in [0, 0.1) is 0 Å². The van der Waals surface area contributed by atoms with E-state index >= 15 is 0 Å². The van der Waals surface area contributed by atoms with Crippen LogP contribution in [0.4, 0.5) is 0 Å². The van der Waals surface area contributed by atoms with Gasteiger partial charge in [0, 0.05) is 43.7 Å². The van der Waals surface area contributed by atoms with E-state index in [1.165, 1.54) is 75.7 Å². The van der Waals surface area contributed by atoms with Crippen LogP contribution in [-0.2, 0) is 0 Å². The molecular formula is C64H38N4. The van der Waals surface area contributed by atoms with E-state index in [-0.39, 0.29) is 0 Å². The van der Waals surface area contributed by atoms with Crippen LogP contribution in [0.25, 0.3) is 142 Å². The fourth-order valence-corrected chi connectivity index (χ4v) is 11.3. The van der Waals surface area contributed by atoms with Crippen molar-refractivity contribution in [2.75, 3.05) is 0 Å². The molecule has 15 rings (SSSR count). The second-order valence-corrected chi connectivity index (χ2v) is 18.1. The summed E-state index contributed by atoms with van der Waals surface area (Å²) in [5, 5.41) is 17.0. The fourth-order valence-electron chi connectivity index (χ4n) is 11.3. The summed E-state index contributed by atoms with van der Waals surface area (Å²) in [5.74, 6) is 0. The zero-order valence-electron chi connectivity index (χ0n) is 36.7. The SMILES string of the molecule is c1ccc2cc3c(cc2c1)c1ccccc1n3-c1ccc2c3cc4ccccc4cc3n(-c3cccc4c(-c5nc6ccccc6nc5-c5ccc6c(ccc7ccccc76)c5)cccc34)c2c1. The van der Waals surface area contributed by atoms with Crippen molar-refractivity contribution in [3.63, 3.8) is 0 Å². The molecule has 4 heteroatoms. The number of nitrogens with zero attached hydrogens (tertiary/aromatic N) is 4. The van der Waals surface area contributed by atoms with E-state index in [0.717, 1.165) is 66.7 Å². The molecule has 314 valence electrons. The minimum absolute atomic E-state index is 0.862. The summed E-state index contributed by atoms with van der Waals surface area (Å²) in [5.41, 5.74) is 12.5. The van der Waals surface area contributed by atoms with Gasteiger partial charge < -0.3 is 9.13 Å². The van der Waals surface area contributed by atoms with Crippen LogP contribution in [0.5, 0.6) is 0 Å². The first-order valence-corrected chi connectivity index (χ1v) is 23.3. The first-order valence-electron chi connectivity index (χ1n) is 23.3. The highest BCUT2D eigenvalue weighted by molar-refractivity contribution is 6.17. The normalized spacial score (nSPS) is 12.1. The minimum atomic E-state index is 0.862. The van der Waals surface area contributed by atoms with Gasteiger partial charge in [0.25, 0.3) is 0 Å². The lowest BCUT2D eigenvalue weighted by molar-refractivity contribution is 1.16. The number of aromatic nitrogens is 4. The highest BCUT2D eigenvalue weighted by atomic mass is 15.0. The summed E-state index contributed by atoms with van der Waals surface area (Å²) in [6.45, 7) is 0. The van der Waals surface area contributed by atoms with Crippen molar-refractivity contribution < 1.29 is 0 Å². The summed E-state index contributed by atoms with van der Waals surface area (Å²) in [4.78, 5) is 10.9. The Morgan fingerprint density at radius 1 is 0.265 bits per heavy atom. The molecule has 0 unspecified atom stereocenters. The quantitative estimate of drug-likeness (QED) is 0.165. The van der Waals surface area contributed by atoms with Crippen LogP contribution >= 0.6 is 0 Å². The van der Waals surface area contributed by atoms with E-state index in [9.17, 15) is 0 Å². The third-order valence-electron chi connectivity index (χ3n) is 14.4. The molecule has 0 aliphatic heterocycles. The van der Waals surface area contributed by atoms with Crippen LogP contribution in [0.3, 0.4) is 0 Å². The Bertz CT molecular complexity index is 4630. The minimum Gasteiger partial charge on any atom is -0.309 e. The van der Waals surface area contributed by atoms with E-state index in [2.05, 4.69) is 228 Å². The smallest absolute Gasteiger partial charge is 0.0979 e. The molecule has 3 aromatic heterocycles. The molecule has 3 heterocycles. The maximum atomic E-state index is 5.46. The maximum absolute atomic E-state index is 5.46. The van der Waals surface area contributed by atoms with Crippen LogP contribution in [-0.4, -0.2) is 19.1 Å². The molecule has 0 bridgehead atoms. The van der Waals surface area contributed by atoms with Gasteiger partial charge in [0.1, 0.15) is 0 Å². The average molecular weight is 863 g/mol. The molecule has 0 radical (unpaired) electrons. The Morgan fingerprint density at radius 2 is 0.794 bits per heavy atom. The molecule has 0 aliphatic carbocycles. The number of fused-ring (bicyclic) bond motifs is 13. The van der Waals surface area contributed by atoms with Gasteiger partial charge in [-0.3, -0.25) is 0 Å². The monoisotopic (exact) mass is 862 g/mol. The molecule has 0 amide bonds. The van der Waals surface area contributed by atoms with Crippen LogP contribution in [0.15, 0.2) is 231 Å². The molecule has 0 spiro atoms. The van der Waals surface area contributed by atoms with Gasteiger partial charge in [-0.25, -0.2) is 9.97 Å². The van der Waals surface area contributed by atoms with Gasteiger partial charge in [-0.2, -0.15) is 0 Å². The second kappa shape index (κ2) is 14.2. The van der Waals surface area contributed by atoms with Crippen molar-refractivity contribution in [2.45, 2.75) is 0 Å². The lowest BCUT2D eigenvalue weighted by Crippen LogP contribution is -1.99. The van der Waals surface area contributed by atoms with Gasteiger partial charge in [0.15, 0.2) is 0 Å². The van der Waals surface area contributed by atoms with E-state index < -0.39 is 0 Å². The molecule has 0 aliphatic rings. The van der Waals surface area contributed by atoms with Gasteiger partial charge in [-0.15, -0.1) is 0 Å². The van der Waals surface area contributed by atoms with Crippen molar-refractivity contribution in [1.82, 2.24) is 19.1 Å². The molecule has 0 atom stereocenters. The maximum Gasteiger partial charge on any atom is 0.0979 e. The number of hydrogen-bond acceptors (Lipinski definition) is 2. The summed E-state index contributed by atoms with van der Waals surface area (Å²) in [6, 6.07) is 84.1. The number of benzene rings is 12. The Hall–Kier alpha value is -9.12. The summed E-state index contributed by atoms with van der Waals surface area (Å²) in [7, 11) is 0. The Kier molecular flexibility index (Phi) is 7.75. The van der Waals surface area contributed by atoms with Gasteiger partial charge in [0.2, 0.25) is 0 Å². The second-order valence-electron chi connectivity index (χ2n) is 18.1. The van der Waals surface area contributed by atoms with E-state index in [1.54, 1.807) is 0 Å². The lowest BCUT2D eigenvalue weighted by atomic mass is 9.95. The van der Waals surface area contributed by atoms with Crippen LogP contribution in [0.1, 0.15) is 0 Å². The molecule has 15 aromatic rings. The van der Waals surface area contributed by atoms with E-state index in [1.807, 2.05) is 12.1 Å².